The Morgan fingerprint density at radius 2 is 1.68 bits per heavy atom. The molecule has 2 N–H and O–H groups in total. The lowest BCUT2D eigenvalue weighted by Gasteiger charge is -2.40. The van der Waals surface area contributed by atoms with Gasteiger partial charge in [-0.1, -0.05) is 27.2 Å². The highest BCUT2D eigenvalue weighted by Crippen LogP contribution is 2.16. The van der Waals surface area contributed by atoms with Gasteiger partial charge in [0.2, 0.25) is 5.91 Å². The first-order valence-corrected chi connectivity index (χ1v) is 7.90. The van der Waals surface area contributed by atoms with Crippen molar-refractivity contribution in [2.75, 3.05) is 32.7 Å². The topological polar surface area (TPSA) is 49.6 Å². The van der Waals surface area contributed by atoms with Gasteiger partial charge in [-0.15, -0.1) is 0 Å². The molecule has 0 aromatic heterocycles. The second kappa shape index (κ2) is 8.54. The molecule has 0 bridgehead atoms. The molecule has 0 aliphatic carbocycles. The summed E-state index contributed by atoms with van der Waals surface area (Å²) >= 11 is 0. The number of carbonyl (C=O) groups is 1. The molecular weight excluding hydrogens is 238 g/mol. The van der Waals surface area contributed by atoms with Crippen molar-refractivity contribution < 1.29 is 4.79 Å². The fourth-order valence-corrected chi connectivity index (χ4v) is 2.99. The van der Waals surface area contributed by atoms with Gasteiger partial charge in [-0.05, 0) is 19.3 Å². The van der Waals surface area contributed by atoms with E-state index in [4.69, 9.17) is 5.73 Å². The van der Waals surface area contributed by atoms with Crippen LogP contribution in [0.3, 0.4) is 0 Å². The third kappa shape index (κ3) is 4.46. The van der Waals surface area contributed by atoms with Gasteiger partial charge in [-0.2, -0.15) is 0 Å². The molecule has 0 radical (unpaired) electrons. The van der Waals surface area contributed by atoms with Crippen LogP contribution in [0.25, 0.3) is 0 Å². The van der Waals surface area contributed by atoms with Crippen molar-refractivity contribution in [3.05, 3.63) is 0 Å². The van der Waals surface area contributed by atoms with Crippen molar-refractivity contribution in [2.24, 2.45) is 11.7 Å². The normalized spacial score (nSPS) is 18.9. The zero-order chi connectivity index (χ0) is 14.3. The molecule has 4 heteroatoms. The number of hydrogen-bond donors (Lipinski definition) is 1. The molecule has 4 nitrogen and oxygen atoms in total. The molecule has 1 saturated heterocycles. The monoisotopic (exact) mass is 269 g/mol. The first kappa shape index (κ1) is 16.4. The zero-order valence-corrected chi connectivity index (χ0v) is 12.9. The fraction of sp³-hybridized carbons (Fsp3) is 0.933. The van der Waals surface area contributed by atoms with Crippen molar-refractivity contribution in [2.45, 2.75) is 52.5 Å². The summed E-state index contributed by atoms with van der Waals surface area (Å²) < 4.78 is 0. The van der Waals surface area contributed by atoms with E-state index in [0.717, 1.165) is 52.0 Å². The predicted octanol–water partition coefficient (Wildman–Crippen LogP) is 1.69. The Balaban J connectivity index is 2.45. The molecule has 1 aliphatic heterocycles. The molecule has 1 amide bonds. The second-order valence-electron chi connectivity index (χ2n) is 5.55. The molecule has 1 unspecified atom stereocenters. The van der Waals surface area contributed by atoms with E-state index >= 15 is 0 Å². The molecule has 1 atom stereocenters. The van der Waals surface area contributed by atoms with E-state index in [1.807, 2.05) is 4.90 Å². The predicted molar refractivity (Wildman–Crippen MR) is 80.0 cm³/mol. The highest BCUT2D eigenvalue weighted by atomic mass is 16.2. The van der Waals surface area contributed by atoms with E-state index in [2.05, 4.69) is 25.7 Å². The molecule has 0 spiro atoms. The minimum atomic E-state index is 0.215. The van der Waals surface area contributed by atoms with Crippen LogP contribution in [0.5, 0.6) is 0 Å². The van der Waals surface area contributed by atoms with E-state index < -0.39 is 0 Å². The van der Waals surface area contributed by atoms with Gasteiger partial charge in [-0.25, -0.2) is 0 Å². The van der Waals surface area contributed by atoms with Crippen LogP contribution < -0.4 is 5.73 Å². The highest BCUT2D eigenvalue weighted by molar-refractivity contribution is 5.78. The molecule has 1 rings (SSSR count). The zero-order valence-electron chi connectivity index (χ0n) is 12.9. The summed E-state index contributed by atoms with van der Waals surface area (Å²) in [6.07, 6.45) is 4.25. The Labute approximate surface area is 118 Å². The third-order valence-corrected chi connectivity index (χ3v) is 4.37. The van der Waals surface area contributed by atoms with E-state index in [0.29, 0.717) is 11.9 Å². The first-order chi connectivity index (χ1) is 9.17. The van der Waals surface area contributed by atoms with Gasteiger partial charge in [0.15, 0.2) is 0 Å². The van der Waals surface area contributed by atoms with E-state index in [-0.39, 0.29) is 5.92 Å². The van der Waals surface area contributed by atoms with Crippen molar-refractivity contribution in [1.82, 2.24) is 9.80 Å². The molecule has 1 aliphatic rings. The summed E-state index contributed by atoms with van der Waals surface area (Å²) in [5.41, 5.74) is 5.85. The van der Waals surface area contributed by atoms with Gasteiger partial charge in [0.1, 0.15) is 0 Å². The van der Waals surface area contributed by atoms with Crippen LogP contribution in [0.1, 0.15) is 46.5 Å². The van der Waals surface area contributed by atoms with Crippen molar-refractivity contribution in [3.63, 3.8) is 0 Å². The number of carbonyl (C=O) groups excluding carboxylic acids is 1. The van der Waals surface area contributed by atoms with E-state index in [1.165, 1.54) is 6.42 Å². The van der Waals surface area contributed by atoms with Gasteiger partial charge in [0.25, 0.3) is 0 Å². The Morgan fingerprint density at radius 3 is 2.11 bits per heavy atom. The van der Waals surface area contributed by atoms with Crippen molar-refractivity contribution in [1.29, 1.82) is 0 Å². The Hall–Kier alpha value is -0.610. The minimum absolute atomic E-state index is 0.215. The lowest BCUT2D eigenvalue weighted by atomic mass is 10.0. The summed E-state index contributed by atoms with van der Waals surface area (Å²) in [5, 5.41) is 0. The SMILES string of the molecule is CCCC(CN)N1CCN(C(=O)C(CC)CC)CC1. The molecule has 1 fully saturated rings. The second-order valence-corrected chi connectivity index (χ2v) is 5.55. The van der Waals surface area contributed by atoms with Gasteiger partial charge in [0.05, 0.1) is 0 Å². The largest absolute Gasteiger partial charge is 0.340 e. The quantitative estimate of drug-likeness (QED) is 0.765. The van der Waals surface area contributed by atoms with E-state index in [1.54, 1.807) is 0 Å². The number of amides is 1. The van der Waals surface area contributed by atoms with Crippen LogP contribution >= 0.6 is 0 Å². The van der Waals surface area contributed by atoms with Crippen LogP contribution in [0, 0.1) is 5.92 Å². The summed E-state index contributed by atoms with van der Waals surface area (Å²) in [6, 6.07) is 0.496. The molecular formula is C15H31N3O. The number of nitrogens with zero attached hydrogens (tertiary/aromatic N) is 2. The van der Waals surface area contributed by atoms with Gasteiger partial charge >= 0.3 is 0 Å². The van der Waals surface area contributed by atoms with Crippen molar-refractivity contribution in [3.8, 4) is 0 Å². The third-order valence-electron chi connectivity index (χ3n) is 4.37. The molecule has 0 aromatic rings. The summed E-state index contributed by atoms with van der Waals surface area (Å²) in [5.74, 6) is 0.567. The van der Waals surface area contributed by atoms with Gasteiger partial charge in [0, 0.05) is 44.7 Å². The number of hydrogen-bond acceptors (Lipinski definition) is 3. The van der Waals surface area contributed by atoms with Crippen LogP contribution in [-0.2, 0) is 4.79 Å². The van der Waals surface area contributed by atoms with E-state index in [9.17, 15) is 4.79 Å². The summed E-state index contributed by atoms with van der Waals surface area (Å²) in [7, 11) is 0. The van der Waals surface area contributed by atoms with Gasteiger partial charge < -0.3 is 10.6 Å². The average Bonchev–Trinajstić information content (AvgIpc) is 2.46. The molecule has 112 valence electrons. The first-order valence-electron chi connectivity index (χ1n) is 7.90. The number of piperazine rings is 1. The van der Waals surface area contributed by atoms with Crippen LogP contribution in [0.15, 0.2) is 0 Å². The maximum atomic E-state index is 12.3. The van der Waals surface area contributed by atoms with Crippen LogP contribution in [0.4, 0.5) is 0 Å². The molecule has 0 aromatic carbocycles. The molecule has 0 saturated carbocycles. The highest BCUT2D eigenvalue weighted by Gasteiger charge is 2.27. The van der Waals surface area contributed by atoms with Gasteiger partial charge in [-0.3, -0.25) is 9.69 Å². The Morgan fingerprint density at radius 1 is 1.11 bits per heavy atom. The number of nitrogens with two attached hydrogens (primary N) is 1. The Bertz CT molecular complexity index is 258. The smallest absolute Gasteiger partial charge is 0.225 e. The Kier molecular flexibility index (Phi) is 7.39. The maximum absolute atomic E-state index is 12.3. The lowest BCUT2D eigenvalue weighted by Crippen LogP contribution is -2.54. The summed E-state index contributed by atoms with van der Waals surface area (Å²) in [4.78, 5) is 16.8. The van der Waals surface area contributed by atoms with Crippen LogP contribution in [-0.4, -0.2) is 54.5 Å². The standard InChI is InChI=1S/C15H31N3O/c1-4-7-14(12-16)17-8-10-18(11-9-17)15(19)13(5-2)6-3/h13-14H,4-12,16H2,1-3H3. The fourth-order valence-electron chi connectivity index (χ4n) is 2.99. The minimum Gasteiger partial charge on any atom is -0.340 e. The van der Waals surface area contributed by atoms with Crippen molar-refractivity contribution >= 4 is 5.91 Å². The average molecular weight is 269 g/mol. The lowest BCUT2D eigenvalue weighted by molar-refractivity contribution is -0.137. The number of rotatable bonds is 7. The molecule has 19 heavy (non-hydrogen) atoms. The molecule has 1 heterocycles. The summed E-state index contributed by atoms with van der Waals surface area (Å²) in [6.45, 7) is 10.8. The maximum Gasteiger partial charge on any atom is 0.225 e. The van der Waals surface area contributed by atoms with Crippen LogP contribution in [0.2, 0.25) is 0 Å².